The third kappa shape index (κ3) is 4.45. The van der Waals surface area contributed by atoms with Gasteiger partial charge < -0.3 is 10.6 Å². The molecule has 2 N–H and O–H groups in total. The van der Waals surface area contributed by atoms with E-state index in [1.165, 1.54) is 30.3 Å². The Morgan fingerprint density at radius 1 is 1.00 bits per heavy atom. The van der Waals surface area contributed by atoms with Gasteiger partial charge in [0.25, 0.3) is 5.91 Å². The van der Waals surface area contributed by atoms with Crippen LogP contribution in [0.1, 0.15) is 17.0 Å². The highest BCUT2D eigenvalue weighted by molar-refractivity contribution is 8.02. The number of amides is 2. The van der Waals surface area contributed by atoms with Crippen molar-refractivity contribution < 1.29 is 27.2 Å². The fraction of sp³-hybridized carbons (Fsp3) is 0.167. The van der Waals surface area contributed by atoms with Crippen LogP contribution in [0.4, 0.5) is 23.2 Å². The Bertz CT molecular complexity index is 1190. The molecule has 170 valence electrons. The topological polar surface area (TPSA) is 58.2 Å². The highest BCUT2D eigenvalue weighted by Crippen LogP contribution is 2.48. The molecule has 1 aliphatic rings. The number of alkyl halides is 3. The van der Waals surface area contributed by atoms with E-state index in [4.69, 9.17) is 0 Å². The number of halogens is 4. The van der Waals surface area contributed by atoms with E-state index in [0.717, 1.165) is 30.0 Å². The molecule has 4 nitrogen and oxygen atoms in total. The van der Waals surface area contributed by atoms with Crippen LogP contribution in [0.15, 0.2) is 83.8 Å². The summed E-state index contributed by atoms with van der Waals surface area (Å²) >= 11 is 0.928. The number of benzene rings is 3. The third-order valence-corrected chi connectivity index (χ3v) is 6.88. The number of carbonyl (C=O) groups is 2. The van der Waals surface area contributed by atoms with Crippen LogP contribution in [0.5, 0.6) is 0 Å². The first-order chi connectivity index (χ1) is 15.7. The lowest BCUT2D eigenvalue weighted by Gasteiger charge is -2.31. The largest absolute Gasteiger partial charge is 0.416 e. The second kappa shape index (κ2) is 8.90. The van der Waals surface area contributed by atoms with E-state index in [1.807, 2.05) is 0 Å². The monoisotopic (exact) mass is 474 g/mol. The minimum absolute atomic E-state index is 0.0509. The van der Waals surface area contributed by atoms with Gasteiger partial charge in [-0.25, -0.2) is 4.39 Å². The standard InChI is InChI=1S/C24H18F4N2O2S/c25-19-11-4-5-12-20(19)30-22(32)23(33-17-9-2-1-3-10-17)18(14-29-21(23)31)15-7-6-8-16(13-15)24(26,27)28/h1-13,18H,14H2,(H,29,31)(H,30,32). The zero-order valence-corrected chi connectivity index (χ0v) is 17.8. The fourth-order valence-corrected chi connectivity index (χ4v) is 5.12. The predicted molar refractivity (Wildman–Crippen MR) is 117 cm³/mol. The van der Waals surface area contributed by atoms with Gasteiger partial charge >= 0.3 is 6.18 Å². The van der Waals surface area contributed by atoms with Gasteiger partial charge in [0.2, 0.25) is 5.91 Å². The van der Waals surface area contributed by atoms with Crippen molar-refractivity contribution in [3.8, 4) is 0 Å². The van der Waals surface area contributed by atoms with Crippen LogP contribution in [0.3, 0.4) is 0 Å². The first-order valence-electron chi connectivity index (χ1n) is 9.97. The van der Waals surface area contributed by atoms with Crippen LogP contribution in [0.2, 0.25) is 0 Å². The van der Waals surface area contributed by atoms with Crippen LogP contribution in [0, 0.1) is 5.82 Å². The molecule has 3 aromatic rings. The lowest BCUT2D eigenvalue weighted by molar-refractivity contribution is -0.137. The molecule has 4 rings (SSSR count). The van der Waals surface area contributed by atoms with Crippen LogP contribution in [0.25, 0.3) is 0 Å². The summed E-state index contributed by atoms with van der Waals surface area (Å²) in [5.74, 6) is -3.12. The third-order valence-electron chi connectivity index (χ3n) is 5.39. The number of hydrogen-bond donors (Lipinski definition) is 2. The van der Waals surface area contributed by atoms with Gasteiger partial charge in [0.15, 0.2) is 4.75 Å². The Labute approximate surface area is 191 Å². The summed E-state index contributed by atoms with van der Waals surface area (Å²) in [4.78, 5) is 27.3. The van der Waals surface area contributed by atoms with E-state index < -0.39 is 40.0 Å². The lowest BCUT2D eigenvalue weighted by Crippen LogP contribution is -2.49. The molecule has 1 fully saturated rings. The van der Waals surface area contributed by atoms with Crippen molar-refractivity contribution in [2.24, 2.45) is 0 Å². The molecule has 0 aromatic heterocycles. The molecule has 2 atom stereocenters. The number of para-hydroxylation sites is 1. The number of rotatable bonds is 5. The van der Waals surface area contributed by atoms with E-state index in [0.29, 0.717) is 4.90 Å². The fourth-order valence-electron chi connectivity index (χ4n) is 3.79. The zero-order valence-electron chi connectivity index (χ0n) is 17.0. The van der Waals surface area contributed by atoms with Gasteiger partial charge in [0.05, 0.1) is 11.3 Å². The molecular formula is C24H18F4N2O2S. The Morgan fingerprint density at radius 2 is 1.70 bits per heavy atom. The Morgan fingerprint density at radius 3 is 2.39 bits per heavy atom. The molecule has 0 aliphatic carbocycles. The van der Waals surface area contributed by atoms with Gasteiger partial charge in [-0.1, -0.05) is 60.3 Å². The van der Waals surface area contributed by atoms with E-state index in [1.54, 1.807) is 30.3 Å². The normalized spacial score (nSPS) is 20.4. The van der Waals surface area contributed by atoms with Crippen LogP contribution < -0.4 is 10.6 Å². The molecule has 0 radical (unpaired) electrons. The summed E-state index contributed by atoms with van der Waals surface area (Å²) in [6.45, 7) is -0.0509. The summed E-state index contributed by atoms with van der Waals surface area (Å²) < 4.78 is 52.4. The molecule has 1 saturated heterocycles. The number of thioether (sulfide) groups is 1. The molecule has 9 heteroatoms. The summed E-state index contributed by atoms with van der Waals surface area (Å²) in [5.41, 5.74) is -0.833. The van der Waals surface area contributed by atoms with E-state index in [9.17, 15) is 27.2 Å². The Hall–Kier alpha value is -3.33. The highest BCUT2D eigenvalue weighted by Gasteiger charge is 2.58. The first-order valence-corrected chi connectivity index (χ1v) is 10.8. The van der Waals surface area contributed by atoms with Crippen molar-refractivity contribution >= 4 is 29.3 Å². The van der Waals surface area contributed by atoms with Gasteiger partial charge in [0.1, 0.15) is 5.82 Å². The summed E-state index contributed by atoms with van der Waals surface area (Å²) in [6.07, 6.45) is -4.59. The van der Waals surface area contributed by atoms with E-state index in [-0.39, 0.29) is 17.8 Å². The van der Waals surface area contributed by atoms with Gasteiger partial charge in [-0.15, -0.1) is 0 Å². The first kappa shape index (κ1) is 22.8. The SMILES string of the molecule is O=C1NCC(c2cccc(C(F)(F)F)c2)C1(Sc1ccccc1)C(=O)Nc1ccccc1F. The van der Waals surface area contributed by atoms with Crippen LogP contribution in [-0.2, 0) is 15.8 Å². The molecule has 33 heavy (non-hydrogen) atoms. The average molecular weight is 474 g/mol. The van der Waals surface area contributed by atoms with Crippen molar-refractivity contribution in [3.05, 3.63) is 95.8 Å². The number of hydrogen-bond acceptors (Lipinski definition) is 3. The van der Waals surface area contributed by atoms with Gasteiger partial charge in [0, 0.05) is 17.4 Å². The molecule has 1 heterocycles. The van der Waals surface area contributed by atoms with Crippen molar-refractivity contribution in [2.45, 2.75) is 21.7 Å². The van der Waals surface area contributed by atoms with Crippen LogP contribution in [-0.4, -0.2) is 23.1 Å². The number of carbonyl (C=O) groups excluding carboxylic acids is 2. The zero-order chi connectivity index (χ0) is 23.6. The van der Waals surface area contributed by atoms with E-state index >= 15 is 0 Å². The Kier molecular flexibility index (Phi) is 6.16. The highest BCUT2D eigenvalue weighted by atomic mass is 32.2. The minimum atomic E-state index is -4.59. The van der Waals surface area contributed by atoms with Crippen molar-refractivity contribution in [2.75, 3.05) is 11.9 Å². The second-order valence-electron chi connectivity index (χ2n) is 7.47. The Balaban J connectivity index is 1.82. The molecule has 0 saturated carbocycles. The maximum absolute atomic E-state index is 14.2. The molecule has 3 aromatic carbocycles. The smallest absolute Gasteiger partial charge is 0.354 e. The molecule has 1 aliphatic heterocycles. The lowest BCUT2D eigenvalue weighted by atomic mass is 9.86. The van der Waals surface area contributed by atoms with Crippen LogP contribution >= 0.6 is 11.8 Å². The maximum Gasteiger partial charge on any atom is 0.416 e. The maximum atomic E-state index is 14.2. The minimum Gasteiger partial charge on any atom is -0.354 e. The van der Waals surface area contributed by atoms with Crippen molar-refractivity contribution in [1.82, 2.24) is 5.32 Å². The molecule has 2 unspecified atom stereocenters. The van der Waals surface area contributed by atoms with Crippen molar-refractivity contribution in [1.29, 1.82) is 0 Å². The quantitative estimate of drug-likeness (QED) is 0.394. The molecular weight excluding hydrogens is 456 g/mol. The van der Waals surface area contributed by atoms with Gasteiger partial charge in [-0.2, -0.15) is 13.2 Å². The summed E-state index contributed by atoms with van der Waals surface area (Å²) in [5, 5.41) is 5.09. The molecule has 0 bridgehead atoms. The average Bonchev–Trinajstić information content (AvgIpc) is 3.12. The molecule has 0 spiro atoms. The number of anilines is 1. The summed E-state index contributed by atoms with van der Waals surface area (Å²) in [6, 6.07) is 18.6. The van der Waals surface area contributed by atoms with E-state index in [2.05, 4.69) is 10.6 Å². The second-order valence-corrected chi connectivity index (χ2v) is 8.79. The number of nitrogens with one attached hydrogen (secondary N) is 2. The van der Waals surface area contributed by atoms with Gasteiger partial charge in [-0.05, 0) is 35.9 Å². The van der Waals surface area contributed by atoms with Crippen molar-refractivity contribution in [3.63, 3.8) is 0 Å². The summed E-state index contributed by atoms with van der Waals surface area (Å²) in [7, 11) is 0. The predicted octanol–water partition coefficient (Wildman–Crippen LogP) is 5.23. The molecule has 2 amide bonds. The van der Waals surface area contributed by atoms with Gasteiger partial charge in [-0.3, -0.25) is 9.59 Å².